The van der Waals surface area contributed by atoms with E-state index in [2.05, 4.69) is 43.4 Å². The third-order valence-electron chi connectivity index (χ3n) is 3.37. The molecule has 2 heteroatoms. The molecule has 0 radical (unpaired) electrons. The number of rotatable bonds is 9. The second-order valence-electron chi connectivity index (χ2n) is 5.30. The highest BCUT2D eigenvalue weighted by Crippen LogP contribution is 2.06. The molecule has 0 aliphatic rings. The number of benzene rings is 1. The van der Waals surface area contributed by atoms with Crippen molar-refractivity contribution in [2.24, 2.45) is 0 Å². The summed E-state index contributed by atoms with van der Waals surface area (Å²) >= 11 is 0. The van der Waals surface area contributed by atoms with Crippen molar-refractivity contribution in [1.29, 1.82) is 0 Å². The van der Waals surface area contributed by atoms with Gasteiger partial charge in [0.1, 0.15) is 0 Å². The minimum absolute atomic E-state index is 0.205. The Kier molecular flexibility index (Phi) is 7.95. The van der Waals surface area contributed by atoms with Gasteiger partial charge in [-0.3, -0.25) is 4.79 Å². The van der Waals surface area contributed by atoms with Crippen molar-refractivity contribution in [3.8, 4) is 0 Å². The van der Waals surface area contributed by atoms with E-state index in [1.165, 1.54) is 24.8 Å². The molecule has 0 spiro atoms. The Labute approximate surface area is 117 Å². The second kappa shape index (κ2) is 9.60. The summed E-state index contributed by atoms with van der Waals surface area (Å²) < 4.78 is 0. The number of aryl methyl sites for hydroxylation is 1. The van der Waals surface area contributed by atoms with Crippen LogP contribution in [0.2, 0.25) is 0 Å². The lowest BCUT2D eigenvalue weighted by atomic mass is 10.1. The normalized spacial score (nSPS) is 12.1. The van der Waals surface area contributed by atoms with E-state index in [1.54, 1.807) is 0 Å². The third kappa shape index (κ3) is 7.66. The van der Waals surface area contributed by atoms with Gasteiger partial charge in [-0.2, -0.15) is 0 Å². The van der Waals surface area contributed by atoms with Crippen LogP contribution in [0.1, 0.15) is 57.9 Å². The van der Waals surface area contributed by atoms with E-state index in [-0.39, 0.29) is 11.9 Å². The number of nitrogens with one attached hydrogen (secondary N) is 1. The van der Waals surface area contributed by atoms with Crippen LogP contribution in [0, 0.1) is 0 Å². The van der Waals surface area contributed by atoms with Crippen molar-refractivity contribution in [3.05, 3.63) is 35.9 Å². The van der Waals surface area contributed by atoms with Crippen LogP contribution in [0.25, 0.3) is 0 Å². The summed E-state index contributed by atoms with van der Waals surface area (Å²) in [6.45, 7) is 4.28. The van der Waals surface area contributed by atoms with Crippen LogP contribution in [0.3, 0.4) is 0 Å². The first-order valence-corrected chi connectivity index (χ1v) is 7.55. The summed E-state index contributed by atoms with van der Waals surface area (Å²) in [5.41, 5.74) is 1.34. The average Bonchev–Trinajstić information content (AvgIpc) is 2.42. The molecule has 106 valence electrons. The highest BCUT2D eigenvalue weighted by atomic mass is 16.1. The minimum atomic E-state index is 0.205. The van der Waals surface area contributed by atoms with Gasteiger partial charge in [-0.05, 0) is 31.7 Å². The Morgan fingerprint density at radius 3 is 2.58 bits per heavy atom. The van der Waals surface area contributed by atoms with E-state index >= 15 is 0 Å². The molecule has 1 rings (SSSR count). The van der Waals surface area contributed by atoms with Crippen LogP contribution in [0.15, 0.2) is 30.3 Å². The molecule has 0 saturated heterocycles. The molecule has 0 bridgehead atoms. The van der Waals surface area contributed by atoms with Gasteiger partial charge in [0, 0.05) is 12.5 Å². The maximum absolute atomic E-state index is 11.7. The standard InChI is InChI=1S/C17H27NO/c1-3-4-5-9-12-17(19)18-15(2)13-14-16-10-7-6-8-11-16/h6-8,10-11,15H,3-5,9,12-14H2,1-2H3,(H,18,19). The Bertz CT molecular complexity index is 348. The molecular weight excluding hydrogens is 234 g/mol. The fourth-order valence-corrected chi connectivity index (χ4v) is 2.16. The smallest absolute Gasteiger partial charge is 0.220 e. The van der Waals surface area contributed by atoms with Crippen LogP contribution in [-0.4, -0.2) is 11.9 Å². The first-order chi connectivity index (χ1) is 9.22. The van der Waals surface area contributed by atoms with Gasteiger partial charge in [0.05, 0.1) is 0 Å². The molecule has 1 aromatic carbocycles. The predicted molar refractivity (Wildman–Crippen MR) is 81.1 cm³/mol. The molecular formula is C17H27NO. The number of amides is 1. The molecule has 0 saturated carbocycles. The average molecular weight is 261 g/mol. The van der Waals surface area contributed by atoms with E-state index in [4.69, 9.17) is 0 Å². The van der Waals surface area contributed by atoms with Crippen LogP contribution in [0.4, 0.5) is 0 Å². The largest absolute Gasteiger partial charge is 0.354 e. The van der Waals surface area contributed by atoms with E-state index < -0.39 is 0 Å². The summed E-state index contributed by atoms with van der Waals surface area (Å²) in [5, 5.41) is 3.09. The predicted octanol–water partition coefficient (Wildman–Crippen LogP) is 4.09. The Morgan fingerprint density at radius 1 is 1.16 bits per heavy atom. The fourth-order valence-electron chi connectivity index (χ4n) is 2.16. The zero-order chi connectivity index (χ0) is 13.9. The van der Waals surface area contributed by atoms with Crippen LogP contribution in [-0.2, 0) is 11.2 Å². The lowest BCUT2D eigenvalue weighted by Gasteiger charge is -2.13. The number of hydrogen-bond acceptors (Lipinski definition) is 1. The maximum atomic E-state index is 11.7. The summed E-state index contributed by atoms with van der Waals surface area (Å²) in [6.07, 6.45) is 7.35. The van der Waals surface area contributed by atoms with E-state index in [0.717, 1.165) is 19.3 Å². The summed E-state index contributed by atoms with van der Waals surface area (Å²) in [6, 6.07) is 10.7. The van der Waals surface area contributed by atoms with E-state index in [9.17, 15) is 4.79 Å². The van der Waals surface area contributed by atoms with Crippen molar-refractivity contribution < 1.29 is 4.79 Å². The number of carbonyl (C=O) groups excluding carboxylic acids is 1. The Hall–Kier alpha value is -1.31. The molecule has 0 fully saturated rings. The fraction of sp³-hybridized carbons (Fsp3) is 0.588. The zero-order valence-electron chi connectivity index (χ0n) is 12.3. The van der Waals surface area contributed by atoms with Crippen molar-refractivity contribution in [2.75, 3.05) is 0 Å². The molecule has 1 unspecified atom stereocenters. The monoisotopic (exact) mass is 261 g/mol. The second-order valence-corrected chi connectivity index (χ2v) is 5.30. The van der Waals surface area contributed by atoms with Gasteiger partial charge in [-0.1, -0.05) is 56.5 Å². The first-order valence-electron chi connectivity index (χ1n) is 7.55. The molecule has 1 N–H and O–H groups in total. The van der Waals surface area contributed by atoms with Crippen LogP contribution >= 0.6 is 0 Å². The molecule has 0 aliphatic carbocycles. The minimum Gasteiger partial charge on any atom is -0.354 e. The van der Waals surface area contributed by atoms with Gasteiger partial charge in [0.25, 0.3) is 0 Å². The number of unbranched alkanes of at least 4 members (excludes halogenated alkanes) is 3. The molecule has 0 aromatic heterocycles. The molecule has 19 heavy (non-hydrogen) atoms. The zero-order valence-corrected chi connectivity index (χ0v) is 12.3. The number of carbonyl (C=O) groups is 1. The van der Waals surface area contributed by atoms with Crippen LogP contribution < -0.4 is 5.32 Å². The van der Waals surface area contributed by atoms with Gasteiger partial charge < -0.3 is 5.32 Å². The van der Waals surface area contributed by atoms with Crippen molar-refractivity contribution in [2.45, 2.75) is 64.8 Å². The summed E-state index contributed by atoms with van der Waals surface area (Å²) in [4.78, 5) is 11.7. The Morgan fingerprint density at radius 2 is 1.89 bits per heavy atom. The van der Waals surface area contributed by atoms with Gasteiger partial charge >= 0.3 is 0 Å². The SMILES string of the molecule is CCCCCCC(=O)NC(C)CCc1ccccc1. The van der Waals surface area contributed by atoms with Crippen molar-refractivity contribution in [3.63, 3.8) is 0 Å². The lowest BCUT2D eigenvalue weighted by molar-refractivity contribution is -0.121. The van der Waals surface area contributed by atoms with Gasteiger partial charge in [0.2, 0.25) is 5.91 Å². The highest BCUT2D eigenvalue weighted by Gasteiger charge is 2.07. The lowest BCUT2D eigenvalue weighted by Crippen LogP contribution is -2.32. The summed E-state index contributed by atoms with van der Waals surface area (Å²) in [7, 11) is 0. The van der Waals surface area contributed by atoms with Crippen molar-refractivity contribution in [1.82, 2.24) is 5.32 Å². The molecule has 1 atom stereocenters. The highest BCUT2D eigenvalue weighted by molar-refractivity contribution is 5.76. The third-order valence-corrected chi connectivity index (χ3v) is 3.37. The first kappa shape index (κ1) is 15.7. The molecule has 1 amide bonds. The molecule has 2 nitrogen and oxygen atoms in total. The van der Waals surface area contributed by atoms with E-state index in [0.29, 0.717) is 6.42 Å². The maximum Gasteiger partial charge on any atom is 0.220 e. The van der Waals surface area contributed by atoms with Gasteiger partial charge in [-0.15, -0.1) is 0 Å². The van der Waals surface area contributed by atoms with Crippen LogP contribution in [0.5, 0.6) is 0 Å². The molecule has 0 heterocycles. The molecule has 1 aromatic rings. The summed E-state index contributed by atoms with van der Waals surface area (Å²) in [5.74, 6) is 0.205. The quantitative estimate of drug-likeness (QED) is 0.666. The topological polar surface area (TPSA) is 29.1 Å². The molecule has 0 aliphatic heterocycles. The van der Waals surface area contributed by atoms with Gasteiger partial charge in [0.15, 0.2) is 0 Å². The Balaban J connectivity index is 2.13. The number of hydrogen-bond donors (Lipinski definition) is 1. The van der Waals surface area contributed by atoms with E-state index in [1.807, 2.05) is 6.07 Å². The van der Waals surface area contributed by atoms with Crippen molar-refractivity contribution >= 4 is 5.91 Å². The van der Waals surface area contributed by atoms with Gasteiger partial charge in [-0.25, -0.2) is 0 Å².